The third-order valence-electron chi connectivity index (χ3n) is 2.69. The lowest BCUT2D eigenvalue weighted by Crippen LogP contribution is -1.88. The largest absolute Gasteiger partial charge is 0.478 e. The molecule has 2 aromatic carbocycles. The second-order valence-corrected chi connectivity index (χ2v) is 3.95. The van der Waals surface area contributed by atoms with E-state index in [1.807, 2.05) is 36.4 Å². The summed E-state index contributed by atoms with van der Waals surface area (Å²) in [6, 6.07) is 17.2. The molecule has 0 aliphatic carbocycles. The Morgan fingerprint density at radius 3 is 2.47 bits per heavy atom. The van der Waals surface area contributed by atoms with Crippen molar-refractivity contribution in [3.63, 3.8) is 0 Å². The lowest BCUT2D eigenvalue weighted by atomic mass is 9.99. The first-order chi connectivity index (χ1) is 9.20. The quantitative estimate of drug-likeness (QED) is 0.849. The molecule has 2 rings (SSSR count). The number of nitrogens with zero attached hydrogens (tertiary/aromatic N) is 1. The maximum Gasteiger partial charge on any atom is 0.328 e. The predicted octanol–water partition coefficient (Wildman–Crippen LogP) is 3.32. The van der Waals surface area contributed by atoms with Gasteiger partial charge in [0.05, 0.1) is 11.6 Å². The van der Waals surface area contributed by atoms with Crippen LogP contribution in [0.4, 0.5) is 0 Å². The Kier molecular flexibility index (Phi) is 3.75. The van der Waals surface area contributed by atoms with E-state index < -0.39 is 5.97 Å². The SMILES string of the molecule is N#Cc1cc(-c2ccccc2)ccc1C=CC(=O)O. The van der Waals surface area contributed by atoms with Crippen LogP contribution in [-0.4, -0.2) is 11.1 Å². The summed E-state index contributed by atoms with van der Waals surface area (Å²) in [5.74, 6) is -1.03. The highest BCUT2D eigenvalue weighted by Crippen LogP contribution is 2.22. The van der Waals surface area contributed by atoms with Gasteiger partial charge in [-0.3, -0.25) is 0 Å². The first kappa shape index (κ1) is 12.6. The number of rotatable bonds is 3. The van der Waals surface area contributed by atoms with Gasteiger partial charge in [0, 0.05) is 6.08 Å². The average molecular weight is 249 g/mol. The Hall–Kier alpha value is -2.86. The number of carbonyl (C=O) groups is 1. The molecule has 0 atom stereocenters. The highest BCUT2D eigenvalue weighted by atomic mass is 16.4. The van der Waals surface area contributed by atoms with E-state index >= 15 is 0 Å². The molecule has 2 aromatic rings. The van der Waals surface area contributed by atoms with Crippen molar-refractivity contribution in [3.05, 3.63) is 65.7 Å². The summed E-state index contributed by atoms with van der Waals surface area (Å²) in [5, 5.41) is 17.7. The van der Waals surface area contributed by atoms with Crippen LogP contribution in [0.15, 0.2) is 54.6 Å². The molecule has 3 nitrogen and oxygen atoms in total. The van der Waals surface area contributed by atoms with E-state index in [0.29, 0.717) is 11.1 Å². The minimum Gasteiger partial charge on any atom is -0.478 e. The fraction of sp³-hybridized carbons (Fsp3) is 0. The molecule has 0 aromatic heterocycles. The molecule has 0 aliphatic rings. The van der Waals surface area contributed by atoms with Crippen molar-refractivity contribution < 1.29 is 9.90 Å². The van der Waals surface area contributed by atoms with E-state index in [2.05, 4.69) is 6.07 Å². The smallest absolute Gasteiger partial charge is 0.328 e. The lowest BCUT2D eigenvalue weighted by molar-refractivity contribution is -0.131. The van der Waals surface area contributed by atoms with Gasteiger partial charge >= 0.3 is 5.97 Å². The van der Waals surface area contributed by atoms with Crippen molar-refractivity contribution in [2.24, 2.45) is 0 Å². The number of hydrogen-bond donors (Lipinski definition) is 1. The molecule has 0 amide bonds. The Morgan fingerprint density at radius 2 is 1.84 bits per heavy atom. The van der Waals surface area contributed by atoms with E-state index in [-0.39, 0.29) is 0 Å². The highest BCUT2D eigenvalue weighted by molar-refractivity contribution is 5.86. The Balaban J connectivity index is 2.43. The van der Waals surface area contributed by atoms with Crippen LogP contribution in [0.25, 0.3) is 17.2 Å². The third kappa shape index (κ3) is 3.08. The fourth-order valence-electron chi connectivity index (χ4n) is 1.77. The first-order valence-corrected chi connectivity index (χ1v) is 5.71. The molecule has 0 aliphatic heterocycles. The number of carboxylic acid groups (broad SMARTS) is 1. The number of hydrogen-bond acceptors (Lipinski definition) is 2. The normalized spacial score (nSPS) is 10.3. The number of aliphatic carboxylic acids is 1. The van der Waals surface area contributed by atoms with E-state index in [1.165, 1.54) is 6.08 Å². The lowest BCUT2D eigenvalue weighted by Gasteiger charge is -2.04. The van der Waals surface area contributed by atoms with Crippen LogP contribution in [0.1, 0.15) is 11.1 Å². The van der Waals surface area contributed by atoms with Crippen molar-refractivity contribution >= 4 is 12.0 Å². The summed E-state index contributed by atoms with van der Waals surface area (Å²) >= 11 is 0. The monoisotopic (exact) mass is 249 g/mol. The number of benzene rings is 2. The van der Waals surface area contributed by atoms with Crippen LogP contribution in [0.3, 0.4) is 0 Å². The molecule has 0 unspecified atom stereocenters. The minimum atomic E-state index is -1.03. The molecular formula is C16H11NO2. The van der Waals surface area contributed by atoms with Crippen molar-refractivity contribution in [2.75, 3.05) is 0 Å². The molecule has 0 saturated carbocycles. The zero-order chi connectivity index (χ0) is 13.7. The second kappa shape index (κ2) is 5.65. The van der Waals surface area contributed by atoms with Crippen LogP contribution in [0.5, 0.6) is 0 Å². The molecule has 0 radical (unpaired) electrons. The third-order valence-corrected chi connectivity index (χ3v) is 2.69. The summed E-state index contributed by atoms with van der Waals surface area (Å²) in [6.45, 7) is 0. The number of carboxylic acids is 1. The molecule has 0 heterocycles. The van der Waals surface area contributed by atoms with Crippen LogP contribution in [0, 0.1) is 11.3 Å². The molecule has 3 heteroatoms. The summed E-state index contributed by atoms with van der Waals surface area (Å²) in [5.41, 5.74) is 3.01. The standard InChI is InChI=1S/C16H11NO2/c17-11-15-10-14(12-4-2-1-3-5-12)7-6-13(15)8-9-16(18)19/h1-10H,(H,18,19). The van der Waals surface area contributed by atoms with Gasteiger partial charge in [-0.15, -0.1) is 0 Å². The van der Waals surface area contributed by atoms with Crippen LogP contribution in [0.2, 0.25) is 0 Å². The molecule has 0 fully saturated rings. The molecular weight excluding hydrogens is 238 g/mol. The molecule has 1 N–H and O–H groups in total. The molecule has 92 valence electrons. The van der Waals surface area contributed by atoms with Gasteiger partial charge in [-0.1, -0.05) is 42.5 Å². The minimum absolute atomic E-state index is 0.457. The molecule has 19 heavy (non-hydrogen) atoms. The summed E-state index contributed by atoms with van der Waals surface area (Å²) < 4.78 is 0. The topological polar surface area (TPSA) is 61.1 Å². The Morgan fingerprint density at radius 1 is 1.11 bits per heavy atom. The summed E-state index contributed by atoms with van der Waals surface area (Å²) in [6.07, 6.45) is 2.45. The fourth-order valence-corrected chi connectivity index (χ4v) is 1.77. The summed E-state index contributed by atoms with van der Waals surface area (Å²) in [4.78, 5) is 10.5. The van der Waals surface area contributed by atoms with Crippen molar-refractivity contribution in [3.8, 4) is 17.2 Å². The maximum atomic E-state index is 10.5. The molecule has 0 saturated heterocycles. The average Bonchev–Trinajstić information content (AvgIpc) is 2.45. The van der Waals surface area contributed by atoms with Gasteiger partial charge in [0.15, 0.2) is 0 Å². The van der Waals surface area contributed by atoms with Crippen molar-refractivity contribution in [1.29, 1.82) is 5.26 Å². The predicted molar refractivity (Wildman–Crippen MR) is 73.3 cm³/mol. The zero-order valence-electron chi connectivity index (χ0n) is 10.1. The van der Waals surface area contributed by atoms with Gasteiger partial charge < -0.3 is 5.11 Å². The molecule has 0 bridgehead atoms. The Bertz CT molecular complexity index is 667. The van der Waals surface area contributed by atoms with E-state index in [1.54, 1.807) is 12.1 Å². The van der Waals surface area contributed by atoms with Gasteiger partial charge in [0.2, 0.25) is 0 Å². The van der Waals surface area contributed by atoms with Gasteiger partial charge in [0.1, 0.15) is 0 Å². The van der Waals surface area contributed by atoms with Crippen LogP contribution >= 0.6 is 0 Å². The summed E-state index contributed by atoms with van der Waals surface area (Å²) in [7, 11) is 0. The van der Waals surface area contributed by atoms with E-state index in [4.69, 9.17) is 10.4 Å². The highest BCUT2D eigenvalue weighted by Gasteiger charge is 2.03. The van der Waals surface area contributed by atoms with Gasteiger partial charge in [0.25, 0.3) is 0 Å². The zero-order valence-corrected chi connectivity index (χ0v) is 10.1. The van der Waals surface area contributed by atoms with E-state index in [9.17, 15) is 4.79 Å². The van der Waals surface area contributed by atoms with Crippen LogP contribution in [-0.2, 0) is 4.79 Å². The first-order valence-electron chi connectivity index (χ1n) is 5.71. The second-order valence-electron chi connectivity index (χ2n) is 3.95. The number of nitriles is 1. The van der Waals surface area contributed by atoms with Crippen molar-refractivity contribution in [2.45, 2.75) is 0 Å². The van der Waals surface area contributed by atoms with Gasteiger partial charge in [-0.05, 0) is 28.8 Å². The van der Waals surface area contributed by atoms with Crippen molar-refractivity contribution in [1.82, 2.24) is 0 Å². The van der Waals surface area contributed by atoms with Gasteiger partial charge in [-0.2, -0.15) is 5.26 Å². The van der Waals surface area contributed by atoms with Crippen LogP contribution < -0.4 is 0 Å². The Labute approximate surface area is 111 Å². The maximum absolute atomic E-state index is 10.5. The van der Waals surface area contributed by atoms with Gasteiger partial charge in [-0.25, -0.2) is 4.79 Å². The molecule has 0 spiro atoms. The van der Waals surface area contributed by atoms with E-state index in [0.717, 1.165) is 17.2 Å².